The van der Waals surface area contributed by atoms with E-state index in [1.54, 1.807) is 11.9 Å². The van der Waals surface area contributed by atoms with Crippen molar-refractivity contribution in [3.8, 4) is 0 Å². The fourth-order valence-electron chi connectivity index (χ4n) is 3.14. The highest BCUT2D eigenvalue weighted by Crippen LogP contribution is 2.26. The fraction of sp³-hybridized carbons (Fsp3) is 0.300. The lowest BCUT2D eigenvalue weighted by molar-refractivity contribution is -0.384. The Labute approximate surface area is 163 Å². The van der Waals surface area contributed by atoms with Gasteiger partial charge in [0.2, 0.25) is 5.91 Å². The number of nitro groups is 1. The van der Waals surface area contributed by atoms with Gasteiger partial charge >= 0.3 is 0 Å². The molecule has 0 bridgehead atoms. The van der Waals surface area contributed by atoms with E-state index in [0.29, 0.717) is 5.69 Å². The van der Waals surface area contributed by atoms with Gasteiger partial charge in [-0.05, 0) is 38.0 Å². The number of hydrogen-bond donors (Lipinski definition) is 2. The number of amides is 2. The molecule has 8 nitrogen and oxygen atoms in total. The minimum Gasteiger partial charge on any atom is -0.365 e. The van der Waals surface area contributed by atoms with Gasteiger partial charge in [-0.3, -0.25) is 19.7 Å². The van der Waals surface area contributed by atoms with E-state index in [9.17, 15) is 19.7 Å². The van der Waals surface area contributed by atoms with Gasteiger partial charge in [-0.15, -0.1) is 0 Å². The van der Waals surface area contributed by atoms with Crippen molar-refractivity contribution >= 4 is 28.9 Å². The number of benzene rings is 2. The van der Waals surface area contributed by atoms with E-state index in [2.05, 4.69) is 10.6 Å². The maximum atomic E-state index is 12.5. The molecule has 0 unspecified atom stereocenters. The van der Waals surface area contributed by atoms with Crippen LogP contribution in [0.4, 0.5) is 17.1 Å². The van der Waals surface area contributed by atoms with Gasteiger partial charge in [0, 0.05) is 31.9 Å². The Bertz CT molecular complexity index is 917. The van der Waals surface area contributed by atoms with Crippen LogP contribution < -0.4 is 15.5 Å². The molecule has 0 aliphatic heterocycles. The first kappa shape index (κ1) is 20.9. The predicted molar refractivity (Wildman–Crippen MR) is 109 cm³/mol. The summed E-state index contributed by atoms with van der Waals surface area (Å²) in [4.78, 5) is 36.7. The van der Waals surface area contributed by atoms with Gasteiger partial charge in [0.25, 0.3) is 11.6 Å². The SMILES string of the molecule is CNC(=O)c1cc([N+](=O)[O-])ccc1N(C)CC(=O)Nc1c(C)cc(C)cc1C. The Morgan fingerprint density at radius 1 is 1.11 bits per heavy atom. The molecule has 2 rings (SSSR count). The molecule has 0 atom stereocenters. The molecule has 0 heterocycles. The Balaban J connectivity index is 2.25. The molecule has 2 amide bonds. The molecule has 0 saturated carbocycles. The summed E-state index contributed by atoms with van der Waals surface area (Å²) in [5.74, 6) is -0.713. The highest BCUT2D eigenvalue weighted by Gasteiger charge is 2.20. The molecule has 2 N–H and O–H groups in total. The van der Waals surface area contributed by atoms with Gasteiger partial charge in [-0.1, -0.05) is 17.7 Å². The summed E-state index contributed by atoms with van der Waals surface area (Å²) < 4.78 is 0. The van der Waals surface area contributed by atoms with Gasteiger partial charge < -0.3 is 15.5 Å². The molecule has 0 radical (unpaired) electrons. The van der Waals surface area contributed by atoms with Crippen molar-refractivity contribution in [1.82, 2.24) is 5.32 Å². The second-order valence-corrected chi connectivity index (χ2v) is 6.72. The fourth-order valence-corrected chi connectivity index (χ4v) is 3.14. The Kier molecular flexibility index (Phi) is 6.35. The number of likely N-dealkylation sites (N-methyl/N-ethyl adjacent to an activating group) is 1. The van der Waals surface area contributed by atoms with E-state index in [1.807, 2.05) is 32.9 Å². The maximum Gasteiger partial charge on any atom is 0.270 e. The normalized spacial score (nSPS) is 10.3. The first-order valence-corrected chi connectivity index (χ1v) is 8.73. The number of hydrogen-bond acceptors (Lipinski definition) is 5. The van der Waals surface area contributed by atoms with Crippen LogP contribution >= 0.6 is 0 Å². The zero-order valence-electron chi connectivity index (χ0n) is 16.6. The van der Waals surface area contributed by atoms with E-state index >= 15 is 0 Å². The van der Waals surface area contributed by atoms with Crippen LogP contribution in [0.15, 0.2) is 30.3 Å². The first-order chi connectivity index (χ1) is 13.1. The number of anilines is 2. The minimum absolute atomic E-state index is 0.0193. The summed E-state index contributed by atoms with van der Waals surface area (Å²) >= 11 is 0. The van der Waals surface area contributed by atoms with E-state index < -0.39 is 10.8 Å². The van der Waals surface area contributed by atoms with Crippen molar-refractivity contribution in [2.24, 2.45) is 0 Å². The summed E-state index contributed by atoms with van der Waals surface area (Å²) in [6.45, 7) is 5.83. The Morgan fingerprint density at radius 3 is 2.25 bits per heavy atom. The van der Waals surface area contributed by atoms with Crippen LogP contribution in [0.25, 0.3) is 0 Å². The van der Waals surface area contributed by atoms with Gasteiger partial charge in [0.15, 0.2) is 0 Å². The number of aryl methyl sites for hydroxylation is 3. The summed E-state index contributed by atoms with van der Waals surface area (Å²) in [5, 5.41) is 16.4. The average molecular weight is 384 g/mol. The van der Waals surface area contributed by atoms with Crippen molar-refractivity contribution in [1.29, 1.82) is 0 Å². The third-order valence-corrected chi connectivity index (χ3v) is 4.40. The van der Waals surface area contributed by atoms with Crippen molar-refractivity contribution in [3.05, 3.63) is 62.7 Å². The Hall–Kier alpha value is -3.42. The number of carbonyl (C=O) groups is 2. The number of carbonyl (C=O) groups excluding carboxylic acids is 2. The largest absolute Gasteiger partial charge is 0.365 e. The van der Waals surface area contributed by atoms with Gasteiger partial charge in [-0.25, -0.2) is 0 Å². The quantitative estimate of drug-likeness (QED) is 0.588. The minimum atomic E-state index is -0.564. The molecule has 0 fully saturated rings. The lowest BCUT2D eigenvalue weighted by Gasteiger charge is -2.22. The molecule has 28 heavy (non-hydrogen) atoms. The number of non-ortho nitro benzene ring substituents is 1. The smallest absolute Gasteiger partial charge is 0.270 e. The summed E-state index contributed by atoms with van der Waals surface area (Å²) in [7, 11) is 3.10. The van der Waals surface area contributed by atoms with Crippen LogP contribution in [0.1, 0.15) is 27.0 Å². The predicted octanol–water partition coefficient (Wildman–Crippen LogP) is 2.95. The lowest BCUT2D eigenvalue weighted by Crippen LogP contribution is -2.32. The number of nitrogens with zero attached hydrogens (tertiary/aromatic N) is 2. The van der Waals surface area contributed by atoms with Crippen LogP contribution in [0, 0.1) is 30.9 Å². The zero-order chi connectivity index (χ0) is 21.0. The molecule has 0 aliphatic carbocycles. The highest BCUT2D eigenvalue weighted by molar-refractivity contribution is 6.02. The average Bonchev–Trinajstić information content (AvgIpc) is 2.63. The molecule has 0 saturated heterocycles. The van der Waals surface area contributed by atoms with Crippen LogP contribution in [-0.2, 0) is 4.79 Å². The second-order valence-electron chi connectivity index (χ2n) is 6.72. The van der Waals surface area contributed by atoms with E-state index in [1.165, 1.54) is 25.2 Å². The molecular weight excluding hydrogens is 360 g/mol. The molecule has 148 valence electrons. The molecule has 0 aromatic heterocycles. The number of nitrogens with one attached hydrogen (secondary N) is 2. The first-order valence-electron chi connectivity index (χ1n) is 8.73. The van der Waals surface area contributed by atoms with Crippen LogP contribution in [0.5, 0.6) is 0 Å². The lowest BCUT2D eigenvalue weighted by atomic mass is 10.1. The maximum absolute atomic E-state index is 12.5. The van der Waals surface area contributed by atoms with Gasteiger partial charge in [-0.2, -0.15) is 0 Å². The van der Waals surface area contributed by atoms with E-state index in [-0.39, 0.29) is 23.7 Å². The third-order valence-electron chi connectivity index (χ3n) is 4.40. The van der Waals surface area contributed by atoms with E-state index in [4.69, 9.17) is 0 Å². The van der Waals surface area contributed by atoms with E-state index in [0.717, 1.165) is 22.4 Å². The van der Waals surface area contributed by atoms with Crippen molar-refractivity contribution in [3.63, 3.8) is 0 Å². The highest BCUT2D eigenvalue weighted by atomic mass is 16.6. The topological polar surface area (TPSA) is 105 Å². The van der Waals surface area contributed by atoms with Crippen LogP contribution in [-0.4, -0.2) is 37.4 Å². The summed E-state index contributed by atoms with van der Waals surface area (Å²) in [6.07, 6.45) is 0. The zero-order valence-corrected chi connectivity index (χ0v) is 16.6. The van der Waals surface area contributed by atoms with Gasteiger partial charge in [0.05, 0.1) is 22.7 Å². The molecule has 8 heteroatoms. The number of nitro benzene ring substituents is 1. The number of rotatable bonds is 6. The molecule has 2 aromatic rings. The molecule has 0 spiro atoms. The molecular formula is C20H24N4O4. The van der Waals surface area contributed by atoms with Crippen molar-refractivity contribution in [2.45, 2.75) is 20.8 Å². The van der Waals surface area contributed by atoms with Crippen LogP contribution in [0.3, 0.4) is 0 Å². The monoisotopic (exact) mass is 384 g/mol. The van der Waals surface area contributed by atoms with Crippen LogP contribution in [0.2, 0.25) is 0 Å². The Morgan fingerprint density at radius 2 is 1.71 bits per heavy atom. The van der Waals surface area contributed by atoms with Gasteiger partial charge in [0.1, 0.15) is 0 Å². The third kappa shape index (κ3) is 4.64. The molecule has 2 aromatic carbocycles. The van der Waals surface area contributed by atoms with Crippen molar-refractivity contribution < 1.29 is 14.5 Å². The standard InChI is InChI=1S/C20H24N4O4/c1-12-8-13(2)19(14(3)9-12)22-18(25)11-23(5)17-7-6-15(24(27)28)10-16(17)20(26)21-4/h6-10H,11H2,1-5H3,(H,21,26)(H,22,25). The summed E-state index contributed by atoms with van der Waals surface area (Å²) in [5.41, 5.74) is 4.19. The second kappa shape index (κ2) is 8.51. The summed E-state index contributed by atoms with van der Waals surface area (Å²) in [6, 6.07) is 7.97. The van der Waals surface area contributed by atoms with Crippen molar-refractivity contribution in [2.75, 3.05) is 30.9 Å². The molecule has 0 aliphatic rings.